The molecule has 2 atom stereocenters. The number of nitrogens with one attached hydrogen (secondary N) is 1. The molecular formula is C19H21FN2O3S. The van der Waals surface area contributed by atoms with E-state index in [2.05, 4.69) is 10.3 Å². The highest BCUT2D eigenvalue weighted by atomic mass is 32.2. The fourth-order valence-electron chi connectivity index (χ4n) is 2.97. The van der Waals surface area contributed by atoms with Gasteiger partial charge >= 0.3 is 0 Å². The zero-order chi connectivity index (χ0) is 18.5. The van der Waals surface area contributed by atoms with Gasteiger partial charge in [-0.2, -0.15) is 0 Å². The molecule has 0 bridgehead atoms. The Balaban J connectivity index is 1.81. The van der Waals surface area contributed by atoms with Crippen LogP contribution >= 0.6 is 11.8 Å². The van der Waals surface area contributed by atoms with Gasteiger partial charge in [-0.25, -0.2) is 9.37 Å². The van der Waals surface area contributed by atoms with E-state index in [1.165, 1.54) is 0 Å². The first-order valence-corrected chi connectivity index (χ1v) is 9.75. The summed E-state index contributed by atoms with van der Waals surface area (Å²) in [7, 11) is 0. The summed E-state index contributed by atoms with van der Waals surface area (Å²) in [5, 5.41) is 12.8. The van der Waals surface area contributed by atoms with Crippen molar-refractivity contribution < 1.29 is 19.0 Å². The molecule has 0 spiro atoms. The maximum Gasteiger partial charge on any atom is 0.257 e. The van der Waals surface area contributed by atoms with Crippen LogP contribution in [0.5, 0.6) is 11.6 Å². The minimum Gasteiger partial charge on any atom is -0.438 e. The number of nitrogens with zero attached hydrogens (tertiary/aromatic N) is 1. The van der Waals surface area contributed by atoms with Crippen molar-refractivity contribution in [1.82, 2.24) is 10.3 Å². The molecule has 7 heteroatoms. The Labute approximate surface area is 156 Å². The van der Waals surface area contributed by atoms with Crippen LogP contribution in [0.1, 0.15) is 36.0 Å². The van der Waals surface area contributed by atoms with Crippen molar-refractivity contribution in [2.75, 3.05) is 6.26 Å². The van der Waals surface area contributed by atoms with Crippen molar-refractivity contribution in [1.29, 1.82) is 0 Å². The van der Waals surface area contributed by atoms with Crippen LogP contribution in [-0.4, -0.2) is 34.4 Å². The molecule has 5 nitrogen and oxygen atoms in total. The standard InChI is InChI=1S/C19H21FN2O3S/c1-26-14-6-4-5-13(10-14)25-19-15(9-12(20)11-21-19)18(24)22-16-7-2-3-8-17(16)23/h4-6,9-11,16-17,23H,2-3,7-8H2,1H3,(H,22,24)/t16-,17-/m1/s1. The Hall–Kier alpha value is -2.12. The minimum absolute atomic E-state index is 0.0114. The fourth-order valence-corrected chi connectivity index (χ4v) is 3.42. The van der Waals surface area contributed by atoms with Crippen molar-refractivity contribution in [3.05, 3.63) is 47.9 Å². The summed E-state index contributed by atoms with van der Waals surface area (Å²) in [6.45, 7) is 0. The van der Waals surface area contributed by atoms with Gasteiger partial charge in [0.05, 0.1) is 18.3 Å². The number of ether oxygens (including phenoxy) is 1. The predicted molar refractivity (Wildman–Crippen MR) is 98.2 cm³/mol. The zero-order valence-electron chi connectivity index (χ0n) is 14.4. The molecule has 0 unspecified atom stereocenters. The number of carbonyl (C=O) groups is 1. The van der Waals surface area contributed by atoms with E-state index in [9.17, 15) is 14.3 Å². The lowest BCUT2D eigenvalue weighted by molar-refractivity contribution is 0.0715. The number of hydrogen-bond donors (Lipinski definition) is 2. The Morgan fingerprint density at radius 1 is 1.35 bits per heavy atom. The Kier molecular flexibility index (Phi) is 6.11. The van der Waals surface area contributed by atoms with E-state index in [1.807, 2.05) is 24.5 Å². The SMILES string of the molecule is CSc1cccc(Oc2ncc(F)cc2C(=O)N[C@@H]2CCCC[C@H]2O)c1. The monoisotopic (exact) mass is 376 g/mol. The van der Waals surface area contributed by atoms with Crippen LogP contribution in [-0.2, 0) is 0 Å². The minimum atomic E-state index is -0.621. The van der Waals surface area contributed by atoms with Crippen LogP contribution in [0.4, 0.5) is 4.39 Å². The fraction of sp³-hybridized carbons (Fsp3) is 0.368. The summed E-state index contributed by atoms with van der Waals surface area (Å²) in [5.41, 5.74) is 0.0114. The molecule has 26 heavy (non-hydrogen) atoms. The summed E-state index contributed by atoms with van der Waals surface area (Å²) in [6, 6.07) is 8.11. The van der Waals surface area contributed by atoms with Gasteiger partial charge in [-0.15, -0.1) is 11.8 Å². The molecule has 0 aliphatic heterocycles. The second-order valence-corrected chi connectivity index (χ2v) is 7.10. The largest absolute Gasteiger partial charge is 0.438 e. The van der Waals surface area contributed by atoms with Crippen molar-refractivity contribution >= 4 is 17.7 Å². The highest BCUT2D eigenvalue weighted by Crippen LogP contribution is 2.27. The molecule has 1 aromatic carbocycles. The van der Waals surface area contributed by atoms with Gasteiger partial charge < -0.3 is 15.2 Å². The number of rotatable bonds is 5. The number of amides is 1. The lowest BCUT2D eigenvalue weighted by atomic mass is 9.92. The van der Waals surface area contributed by atoms with Crippen LogP contribution < -0.4 is 10.1 Å². The molecule has 2 N–H and O–H groups in total. The van der Waals surface area contributed by atoms with Gasteiger partial charge in [-0.1, -0.05) is 18.9 Å². The van der Waals surface area contributed by atoms with Crippen LogP contribution in [0.3, 0.4) is 0 Å². The van der Waals surface area contributed by atoms with Gasteiger partial charge in [0.25, 0.3) is 5.91 Å². The Morgan fingerprint density at radius 3 is 2.92 bits per heavy atom. The topological polar surface area (TPSA) is 71.5 Å². The maximum absolute atomic E-state index is 13.7. The van der Waals surface area contributed by atoms with Crippen molar-refractivity contribution in [3.63, 3.8) is 0 Å². The van der Waals surface area contributed by atoms with E-state index in [4.69, 9.17) is 4.74 Å². The summed E-state index contributed by atoms with van der Waals surface area (Å²) >= 11 is 1.56. The normalized spacial score (nSPS) is 19.8. The number of hydrogen-bond acceptors (Lipinski definition) is 5. The summed E-state index contributed by atoms with van der Waals surface area (Å²) in [6.07, 6.45) is 5.60. The van der Waals surface area contributed by atoms with Crippen LogP contribution in [0, 0.1) is 5.82 Å². The Bertz CT molecular complexity index is 787. The average molecular weight is 376 g/mol. The van der Waals surface area contributed by atoms with Crippen molar-refractivity contribution in [2.45, 2.75) is 42.7 Å². The smallest absolute Gasteiger partial charge is 0.257 e. The second kappa shape index (κ2) is 8.51. The predicted octanol–water partition coefficient (Wildman–Crippen LogP) is 3.77. The molecule has 0 radical (unpaired) electrons. The highest BCUT2D eigenvalue weighted by molar-refractivity contribution is 7.98. The van der Waals surface area contributed by atoms with Gasteiger partial charge in [-0.05, 0) is 43.4 Å². The third-order valence-electron chi connectivity index (χ3n) is 4.36. The van der Waals surface area contributed by atoms with Crippen LogP contribution in [0.25, 0.3) is 0 Å². The quantitative estimate of drug-likeness (QED) is 0.778. The third kappa shape index (κ3) is 4.53. The first kappa shape index (κ1) is 18.7. The molecule has 1 saturated carbocycles. The molecule has 1 aliphatic carbocycles. The lowest BCUT2D eigenvalue weighted by Crippen LogP contribution is -2.45. The number of aromatic nitrogens is 1. The molecular weight excluding hydrogens is 355 g/mol. The molecule has 3 rings (SSSR count). The van der Waals surface area contributed by atoms with Crippen molar-refractivity contribution in [3.8, 4) is 11.6 Å². The number of carbonyl (C=O) groups excluding carboxylic acids is 1. The third-order valence-corrected chi connectivity index (χ3v) is 5.09. The van der Waals surface area contributed by atoms with E-state index in [0.717, 1.165) is 30.0 Å². The first-order valence-electron chi connectivity index (χ1n) is 8.53. The summed E-state index contributed by atoms with van der Waals surface area (Å²) < 4.78 is 19.4. The Morgan fingerprint density at radius 2 is 2.15 bits per heavy atom. The van der Waals surface area contributed by atoms with Crippen LogP contribution in [0.2, 0.25) is 0 Å². The molecule has 0 saturated heterocycles. The van der Waals surface area contributed by atoms with E-state index >= 15 is 0 Å². The molecule has 138 valence electrons. The van der Waals surface area contributed by atoms with Gasteiger partial charge in [0, 0.05) is 4.90 Å². The molecule has 1 heterocycles. The zero-order valence-corrected chi connectivity index (χ0v) is 15.3. The van der Waals surface area contributed by atoms with Gasteiger partial charge in [-0.3, -0.25) is 4.79 Å². The van der Waals surface area contributed by atoms with E-state index in [-0.39, 0.29) is 17.5 Å². The molecule has 1 aromatic heterocycles. The lowest BCUT2D eigenvalue weighted by Gasteiger charge is -2.28. The van der Waals surface area contributed by atoms with Gasteiger partial charge in [0.15, 0.2) is 0 Å². The number of halogens is 1. The molecule has 2 aromatic rings. The van der Waals surface area contributed by atoms with Crippen molar-refractivity contribution in [2.24, 2.45) is 0 Å². The molecule has 1 fully saturated rings. The molecule has 1 amide bonds. The number of aliphatic hydroxyl groups excluding tert-OH is 1. The van der Waals surface area contributed by atoms with Crippen LogP contribution in [0.15, 0.2) is 41.4 Å². The summed E-state index contributed by atoms with van der Waals surface area (Å²) in [5.74, 6) is -0.571. The average Bonchev–Trinajstić information content (AvgIpc) is 2.65. The number of thioether (sulfide) groups is 1. The summed E-state index contributed by atoms with van der Waals surface area (Å²) in [4.78, 5) is 17.6. The van der Waals surface area contributed by atoms with E-state index in [0.29, 0.717) is 18.6 Å². The van der Waals surface area contributed by atoms with Gasteiger partial charge in [0.1, 0.15) is 17.1 Å². The number of pyridine rings is 1. The molecule has 1 aliphatic rings. The number of benzene rings is 1. The van der Waals surface area contributed by atoms with E-state index in [1.54, 1.807) is 17.8 Å². The van der Waals surface area contributed by atoms with Gasteiger partial charge in [0.2, 0.25) is 5.88 Å². The number of aliphatic hydroxyl groups is 1. The maximum atomic E-state index is 13.7. The first-order chi connectivity index (χ1) is 12.6. The highest BCUT2D eigenvalue weighted by Gasteiger charge is 2.26. The van der Waals surface area contributed by atoms with E-state index < -0.39 is 17.8 Å². The second-order valence-electron chi connectivity index (χ2n) is 6.22.